The fourth-order valence-corrected chi connectivity index (χ4v) is 2.02. The molecular formula is C11H15BrClN. The lowest BCUT2D eigenvalue weighted by Gasteiger charge is -2.17. The van der Waals surface area contributed by atoms with Crippen LogP contribution in [-0.4, -0.2) is 23.3 Å². The van der Waals surface area contributed by atoms with E-state index in [0.717, 1.165) is 18.1 Å². The summed E-state index contributed by atoms with van der Waals surface area (Å²) in [6, 6.07) is 8.00. The van der Waals surface area contributed by atoms with E-state index in [1.54, 1.807) is 0 Å². The van der Waals surface area contributed by atoms with Gasteiger partial charge in [-0.15, -0.1) is 0 Å². The summed E-state index contributed by atoms with van der Waals surface area (Å²) in [6.45, 7) is 4.16. The van der Waals surface area contributed by atoms with Crippen LogP contribution in [0.3, 0.4) is 0 Å². The molecule has 0 aliphatic carbocycles. The maximum Gasteiger partial charge on any atom is 0.0406 e. The third-order valence-corrected chi connectivity index (χ3v) is 2.47. The van der Waals surface area contributed by atoms with Crippen LogP contribution in [0.4, 0.5) is 0 Å². The molecule has 0 aromatic heterocycles. The van der Waals surface area contributed by atoms with E-state index in [4.69, 9.17) is 11.6 Å². The monoisotopic (exact) mass is 275 g/mol. The summed E-state index contributed by atoms with van der Waals surface area (Å²) >= 11 is 9.35. The Morgan fingerprint density at radius 2 is 1.93 bits per heavy atom. The van der Waals surface area contributed by atoms with E-state index in [0.29, 0.717) is 4.83 Å². The second-order valence-corrected chi connectivity index (χ2v) is 5.60. The van der Waals surface area contributed by atoms with Crippen LogP contribution in [0.2, 0.25) is 5.02 Å². The van der Waals surface area contributed by atoms with E-state index >= 15 is 0 Å². The van der Waals surface area contributed by atoms with Crippen LogP contribution in [-0.2, 0) is 6.54 Å². The predicted molar refractivity (Wildman–Crippen MR) is 66.2 cm³/mol. The van der Waals surface area contributed by atoms with Gasteiger partial charge in [-0.3, -0.25) is 0 Å². The van der Waals surface area contributed by atoms with Gasteiger partial charge in [0.05, 0.1) is 0 Å². The molecule has 0 fully saturated rings. The summed E-state index contributed by atoms with van der Waals surface area (Å²) in [5.41, 5.74) is 1.30. The van der Waals surface area contributed by atoms with Crippen molar-refractivity contribution in [2.75, 3.05) is 13.6 Å². The van der Waals surface area contributed by atoms with Crippen molar-refractivity contribution in [3.8, 4) is 0 Å². The van der Waals surface area contributed by atoms with Crippen molar-refractivity contribution in [1.82, 2.24) is 4.90 Å². The van der Waals surface area contributed by atoms with Crippen molar-refractivity contribution in [2.24, 2.45) is 0 Å². The lowest BCUT2D eigenvalue weighted by Crippen LogP contribution is -2.23. The Balaban J connectivity index is 2.47. The molecule has 0 saturated heterocycles. The van der Waals surface area contributed by atoms with Gasteiger partial charge in [0.2, 0.25) is 0 Å². The van der Waals surface area contributed by atoms with Crippen LogP contribution in [0.25, 0.3) is 0 Å². The first-order valence-electron chi connectivity index (χ1n) is 4.65. The molecule has 1 aromatic rings. The molecule has 0 radical (unpaired) electrons. The Morgan fingerprint density at radius 3 is 2.43 bits per heavy atom. The minimum atomic E-state index is 0.528. The van der Waals surface area contributed by atoms with Gasteiger partial charge in [0.25, 0.3) is 0 Å². The maximum atomic E-state index is 5.81. The molecule has 0 saturated carbocycles. The molecule has 0 aliphatic heterocycles. The number of hydrogen-bond acceptors (Lipinski definition) is 1. The number of hydrogen-bond donors (Lipinski definition) is 0. The van der Waals surface area contributed by atoms with E-state index in [1.807, 2.05) is 12.1 Å². The number of rotatable bonds is 4. The molecule has 1 unspecified atom stereocenters. The Morgan fingerprint density at radius 1 is 1.36 bits per heavy atom. The normalized spacial score (nSPS) is 13.2. The zero-order valence-corrected chi connectivity index (χ0v) is 10.8. The molecule has 0 aliphatic rings. The summed E-state index contributed by atoms with van der Waals surface area (Å²) in [4.78, 5) is 2.81. The van der Waals surface area contributed by atoms with Crippen molar-refractivity contribution in [3.05, 3.63) is 34.9 Å². The topological polar surface area (TPSA) is 3.24 Å². The Bertz CT molecular complexity index is 271. The fourth-order valence-electron chi connectivity index (χ4n) is 1.40. The van der Waals surface area contributed by atoms with E-state index < -0.39 is 0 Å². The van der Waals surface area contributed by atoms with Crippen LogP contribution in [0.1, 0.15) is 12.5 Å². The zero-order chi connectivity index (χ0) is 10.6. The zero-order valence-electron chi connectivity index (χ0n) is 8.50. The van der Waals surface area contributed by atoms with Crippen molar-refractivity contribution in [3.63, 3.8) is 0 Å². The van der Waals surface area contributed by atoms with E-state index in [1.165, 1.54) is 5.56 Å². The molecule has 0 bridgehead atoms. The molecule has 1 aromatic carbocycles. The second kappa shape index (κ2) is 5.74. The first kappa shape index (κ1) is 12.0. The first-order valence-corrected chi connectivity index (χ1v) is 5.94. The summed E-state index contributed by atoms with van der Waals surface area (Å²) < 4.78 is 0. The molecule has 1 nitrogen and oxygen atoms in total. The highest BCUT2D eigenvalue weighted by Crippen LogP contribution is 2.11. The SMILES string of the molecule is CC(Br)CN(C)Cc1ccc(Cl)cc1. The van der Waals surface area contributed by atoms with Gasteiger partial charge in [0.1, 0.15) is 0 Å². The molecule has 0 heterocycles. The minimum Gasteiger partial charge on any atom is -0.301 e. The third-order valence-electron chi connectivity index (χ3n) is 1.93. The average molecular weight is 277 g/mol. The van der Waals surface area contributed by atoms with E-state index in [9.17, 15) is 0 Å². The van der Waals surface area contributed by atoms with E-state index in [-0.39, 0.29) is 0 Å². The van der Waals surface area contributed by atoms with Gasteiger partial charge in [-0.05, 0) is 24.7 Å². The molecule has 1 rings (SSSR count). The van der Waals surface area contributed by atoms with Crippen molar-refractivity contribution in [2.45, 2.75) is 18.3 Å². The standard InChI is InChI=1S/C11H15BrClN/c1-9(12)7-14(2)8-10-3-5-11(13)6-4-10/h3-6,9H,7-8H2,1-2H3. The van der Waals surface area contributed by atoms with Crippen molar-refractivity contribution in [1.29, 1.82) is 0 Å². The molecule has 0 amide bonds. The van der Waals surface area contributed by atoms with Crippen LogP contribution in [0, 0.1) is 0 Å². The fraction of sp³-hybridized carbons (Fsp3) is 0.455. The predicted octanol–water partition coefficient (Wildman–Crippen LogP) is 3.56. The number of alkyl halides is 1. The van der Waals surface area contributed by atoms with Crippen LogP contribution < -0.4 is 0 Å². The third kappa shape index (κ3) is 4.45. The average Bonchev–Trinajstić information content (AvgIpc) is 2.07. The Hall–Kier alpha value is -0.0500. The largest absolute Gasteiger partial charge is 0.301 e. The molecule has 14 heavy (non-hydrogen) atoms. The summed E-state index contributed by atoms with van der Waals surface area (Å²) in [7, 11) is 2.12. The summed E-state index contributed by atoms with van der Waals surface area (Å²) in [5, 5.41) is 0.797. The Labute approximate surface area is 99.2 Å². The second-order valence-electron chi connectivity index (χ2n) is 3.60. The molecule has 0 N–H and O–H groups in total. The molecule has 3 heteroatoms. The molecule has 0 spiro atoms. The lowest BCUT2D eigenvalue weighted by molar-refractivity contribution is 0.333. The maximum absolute atomic E-state index is 5.81. The summed E-state index contributed by atoms with van der Waals surface area (Å²) in [6.07, 6.45) is 0. The lowest BCUT2D eigenvalue weighted by atomic mass is 10.2. The van der Waals surface area contributed by atoms with Crippen molar-refractivity contribution >= 4 is 27.5 Å². The highest BCUT2D eigenvalue weighted by molar-refractivity contribution is 9.09. The van der Waals surface area contributed by atoms with Crippen LogP contribution >= 0.6 is 27.5 Å². The van der Waals surface area contributed by atoms with Crippen LogP contribution in [0.15, 0.2) is 24.3 Å². The van der Waals surface area contributed by atoms with Gasteiger partial charge >= 0.3 is 0 Å². The highest BCUT2D eigenvalue weighted by Gasteiger charge is 2.03. The molecular weight excluding hydrogens is 261 g/mol. The first-order chi connectivity index (χ1) is 6.58. The number of halogens is 2. The molecule has 78 valence electrons. The number of nitrogens with zero attached hydrogens (tertiary/aromatic N) is 1. The smallest absolute Gasteiger partial charge is 0.0406 e. The number of benzene rings is 1. The van der Waals surface area contributed by atoms with E-state index in [2.05, 4.69) is 46.9 Å². The van der Waals surface area contributed by atoms with Gasteiger partial charge < -0.3 is 4.90 Å². The van der Waals surface area contributed by atoms with Crippen molar-refractivity contribution < 1.29 is 0 Å². The van der Waals surface area contributed by atoms with Gasteiger partial charge in [-0.2, -0.15) is 0 Å². The summed E-state index contributed by atoms with van der Waals surface area (Å²) in [5.74, 6) is 0. The molecule has 1 atom stereocenters. The van der Waals surface area contributed by atoms with Gasteiger partial charge in [-0.25, -0.2) is 0 Å². The van der Waals surface area contributed by atoms with Gasteiger partial charge in [0.15, 0.2) is 0 Å². The minimum absolute atomic E-state index is 0.528. The Kier molecular flexibility index (Phi) is 4.93. The highest BCUT2D eigenvalue weighted by atomic mass is 79.9. The van der Waals surface area contributed by atoms with Crippen LogP contribution in [0.5, 0.6) is 0 Å². The van der Waals surface area contributed by atoms with Gasteiger partial charge in [0, 0.05) is 22.9 Å². The quantitative estimate of drug-likeness (QED) is 0.760. The van der Waals surface area contributed by atoms with Gasteiger partial charge in [-0.1, -0.05) is 46.6 Å².